The lowest BCUT2D eigenvalue weighted by Crippen LogP contribution is -2.22. The zero-order chi connectivity index (χ0) is 12.9. The molecule has 0 spiro atoms. The Kier molecular flexibility index (Phi) is 4.76. The maximum atomic E-state index is 12.2. The molecule has 0 saturated heterocycles. The van der Waals surface area contributed by atoms with Crippen molar-refractivity contribution in [2.24, 2.45) is 0 Å². The van der Waals surface area contributed by atoms with Crippen molar-refractivity contribution in [3.63, 3.8) is 0 Å². The van der Waals surface area contributed by atoms with Gasteiger partial charge in [0.05, 0.1) is 0 Å². The molecule has 0 aromatic heterocycles. The molecule has 0 heterocycles. The summed E-state index contributed by atoms with van der Waals surface area (Å²) in [4.78, 5) is 11.0. The molecule has 90 valence electrons. The quantitative estimate of drug-likeness (QED) is 0.464. The monoisotopic (exact) mass is 304 g/mol. The number of hydrogen-bond donors (Lipinski definition) is 0. The van der Waals surface area contributed by atoms with Crippen LogP contribution in [0.4, 0.5) is 13.2 Å². The normalized spacial score (nSPS) is 10.6. The summed E-state index contributed by atoms with van der Waals surface area (Å²) in [6.45, 7) is 0. The van der Waals surface area contributed by atoms with Crippen molar-refractivity contribution in [3.05, 3.63) is 35.4 Å². The predicted molar refractivity (Wildman–Crippen MR) is 62.1 cm³/mol. The third kappa shape index (κ3) is 4.23. The highest BCUT2D eigenvalue weighted by atomic mass is 79.9. The first-order valence-corrected chi connectivity index (χ1v) is 5.83. The van der Waals surface area contributed by atoms with Crippen molar-refractivity contribution in [2.75, 3.05) is 5.33 Å². The average Bonchev–Trinajstić information content (AvgIpc) is 2.28. The molecular weight excluding hydrogens is 297 g/mol. The number of hydrogen-bond acceptors (Lipinski definition) is 1. The second-order valence-electron chi connectivity index (χ2n) is 3.15. The topological polar surface area (TPSA) is 17.1 Å². The molecule has 0 unspecified atom stereocenters. The smallest absolute Gasteiger partial charge is 0.284 e. The van der Waals surface area contributed by atoms with Gasteiger partial charge in [-0.3, -0.25) is 4.79 Å². The molecule has 1 rings (SSSR count). The van der Waals surface area contributed by atoms with Crippen molar-refractivity contribution in [3.8, 4) is 11.8 Å². The van der Waals surface area contributed by atoms with Crippen LogP contribution in [0.5, 0.6) is 0 Å². The van der Waals surface area contributed by atoms with E-state index in [2.05, 4.69) is 27.8 Å². The van der Waals surface area contributed by atoms with Gasteiger partial charge in [0.2, 0.25) is 0 Å². The molecular formula is C12H8BrF3O. The summed E-state index contributed by atoms with van der Waals surface area (Å²) >= 11 is 3.18. The van der Waals surface area contributed by atoms with E-state index in [9.17, 15) is 18.0 Å². The fourth-order valence-corrected chi connectivity index (χ4v) is 1.31. The number of carbonyl (C=O) groups is 1. The average molecular weight is 305 g/mol. The van der Waals surface area contributed by atoms with Crippen molar-refractivity contribution >= 4 is 21.7 Å². The summed E-state index contributed by atoms with van der Waals surface area (Å²) in [5.74, 6) is 3.61. The van der Waals surface area contributed by atoms with Gasteiger partial charge in [0.15, 0.2) is 0 Å². The summed E-state index contributed by atoms with van der Waals surface area (Å²) in [5, 5.41) is 0.696. The number of ketones is 1. The number of rotatable bonds is 2. The molecule has 0 bridgehead atoms. The minimum Gasteiger partial charge on any atom is -0.284 e. The van der Waals surface area contributed by atoms with Gasteiger partial charge in [-0.2, -0.15) is 13.2 Å². The van der Waals surface area contributed by atoms with Gasteiger partial charge < -0.3 is 0 Å². The second-order valence-corrected chi connectivity index (χ2v) is 3.94. The molecule has 0 amide bonds. The largest absolute Gasteiger partial charge is 0.454 e. The second kappa shape index (κ2) is 5.87. The van der Waals surface area contributed by atoms with Gasteiger partial charge in [-0.05, 0) is 12.1 Å². The third-order valence-electron chi connectivity index (χ3n) is 1.83. The van der Waals surface area contributed by atoms with Crippen LogP contribution in [0.25, 0.3) is 0 Å². The molecule has 0 aliphatic carbocycles. The molecule has 5 heteroatoms. The van der Waals surface area contributed by atoms with E-state index in [1.807, 2.05) is 0 Å². The fraction of sp³-hybridized carbons (Fsp3) is 0.250. The first-order chi connectivity index (χ1) is 7.95. The van der Waals surface area contributed by atoms with Crippen LogP contribution in [-0.4, -0.2) is 17.3 Å². The van der Waals surface area contributed by atoms with Crippen LogP contribution in [0.3, 0.4) is 0 Å². The third-order valence-corrected chi connectivity index (χ3v) is 2.23. The van der Waals surface area contributed by atoms with E-state index in [1.54, 1.807) is 6.07 Å². The fourth-order valence-electron chi connectivity index (χ4n) is 1.11. The maximum Gasteiger partial charge on any atom is 0.454 e. The van der Waals surface area contributed by atoms with Crippen LogP contribution in [0.2, 0.25) is 0 Å². The Bertz CT molecular complexity index is 469. The lowest BCUT2D eigenvalue weighted by Gasteiger charge is -2.04. The van der Waals surface area contributed by atoms with E-state index in [1.165, 1.54) is 6.07 Å². The SMILES string of the molecule is O=C(c1cccc(C#CCCBr)c1)C(F)(F)F. The van der Waals surface area contributed by atoms with Crippen molar-refractivity contribution < 1.29 is 18.0 Å². The van der Waals surface area contributed by atoms with E-state index < -0.39 is 12.0 Å². The molecule has 17 heavy (non-hydrogen) atoms. The van der Waals surface area contributed by atoms with E-state index in [4.69, 9.17) is 0 Å². The number of Topliss-reactive ketones (excluding diaryl/α,β-unsaturated/α-hetero) is 1. The highest BCUT2D eigenvalue weighted by molar-refractivity contribution is 9.09. The van der Waals surface area contributed by atoms with Crippen LogP contribution in [0.15, 0.2) is 24.3 Å². The lowest BCUT2D eigenvalue weighted by atomic mass is 10.1. The summed E-state index contributed by atoms with van der Waals surface area (Å²) in [5.41, 5.74) is 0.0178. The number of alkyl halides is 4. The van der Waals surface area contributed by atoms with Gasteiger partial charge in [-0.1, -0.05) is 39.9 Å². The predicted octanol–water partition coefficient (Wildman–Crippen LogP) is 3.57. The van der Waals surface area contributed by atoms with Crippen molar-refractivity contribution in [2.45, 2.75) is 12.6 Å². The van der Waals surface area contributed by atoms with Crippen molar-refractivity contribution in [1.82, 2.24) is 0 Å². The Labute approximate surface area is 105 Å². The molecule has 0 aliphatic rings. The molecule has 1 aromatic carbocycles. The minimum absolute atomic E-state index is 0.386. The van der Waals surface area contributed by atoms with Crippen LogP contribution in [-0.2, 0) is 0 Å². The Balaban J connectivity index is 2.95. The molecule has 0 radical (unpaired) electrons. The first kappa shape index (κ1) is 13.8. The Morgan fingerprint density at radius 1 is 1.35 bits per heavy atom. The summed E-state index contributed by atoms with van der Waals surface area (Å²) in [7, 11) is 0. The number of carbonyl (C=O) groups excluding carboxylic acids is 1. The van der Waals surface area contributed by atoms with Crippen molar-refractivity contribution in [1.29, 1.82) is 0 Å². The summed E-state index contributed by atoms with van der Waals surface area (Å²) in [6.07, 6.45) is -4.25. The van der Waals surface area contributed by atoms with Gasteiger partial charge in [-0.15, -0.1) is 0 Å². The molecule has 1 aromatic rings. The Morgan fingerprint density at radius 2 is 2.06 bits per heavy atom. The first-order valence-electron chi connectivity index (χ1n) is 4.71. The van der Waals surface area contributed by atoms with Gasteiger partial charge in [0, 0.05) is 22.9 Å². The molecule has 0 aliphatic heterocycles. The van der Waals surface area contributed by atoms with Crippen LogP contribution >= 0.6 is 15.9 Å². The van der Waals surface area contributed by atoms with E-state index >= 15 is 0 Å². The number of benzene rings is 1. The maximum absolute atomic E-state index is 12.2. The standard InChI is InChI=1S/C12H8BrF3O/c13-7-2-1-4-9-5-3-6-10(8-9)11(17)12(14,15)16/h3,5-6,8H,2,7H2. The van der Waals surface area contributed by atoms with Gasteiger partial charge in [0.1, 0.15) is 0 Å². The van der Waals surface area contributed by atoms with E-state index in [-0.39, 0.29) is 5.56 Å². The minimum atomic E-state index is -4.85. The van der Waals surface area contributed by atoms with Crippen LogP contribution in [0.1, 0.15) is 22.3 Å². The van der Waals surface area contributed by atoms with Gasteiger partial charge in [0.25, 0.3) is 5.78 Å². The van der Waals surface area contributed by atoms with Gasteiger partial charge in [-0.25, -0.2) is 0 Å². The molecule has 0 saturated carbocycles. The van der Waals surface area contributed by atoms with Gasteiger partial charge >= 0.3 is 6.18 Å². The Morgan fingerprint density at radius 3 is 2.65 bits per heavy atom. The highest BCUT2D eigenvalue weighted by Gasteiger charge is 2.39. The highest BCUT2D eigenvalue weighted by Crippen LogP contribution is 2.21. The molecule has 1 nitrogen and oxygen atoms in total. The number of halogens is 4. The summed E-state index contributed by atoms with van der Waals surface area (Å²) < 4.78 is 36.5. The molecule has 0 N–H and O–H groups in total. The summed E-state index contributed by atoms with van der Waals surface area (Å²) in [6, 6.07) is 5.23. The molecule has 0 atom stereocenters. The molecule has 0 fully saturated rings. The lowest BCUT2D eigenvalue weighted by molar-refractivity contribution is -0.0885. The van der Waals surface area contributed by atoms with E-state index in [0.717, 1.165) is 12.1 Å². The Hall–Kier alpha value is -1.28. The van der Waals surface area contributed by atoms with E-state index in [0.29, 0.717) is 17.3 Å². The zero-order valence-corrected chi connectivity index (χ0v) is 10.2. The van der Waals surface area contributed by atoms with Crippen LogP contribution < -0.4 is 0 Å². The zero-order valence-electron chi connectivity index (χ0n) is 8.64. The van der Waals surface area contributed by atoms with Crippen LogP contribution in [0, 0.1) is 11.8 Å².